The van der Waals surface area contributed by atoms with Crippen molar-refractivity contribution in [3.05, 3.63) is 65.7 Å². The van der Waals surface area contributed by atoms with Gasteiger partial charge in [0, 0.05) is 5.56 Å². The van der Waals surface area contributed by atoms with Gasteiger partial charge in [0.1, 0.15) is 18.2 Å². The van der Waals surface area contributed by atoms with Crippen LogP contribution in [0.2, 0.25) is 0 Å². The van der Waals surface area contributed by atoms with Gasteiger partial charge in [-0.15, -0.1) is 0 Å². The van der Waals surface area contributed by atoms with Crippen molar-refractivity contribution < 1.29 is 18.8 Å². The minimum atomic E-state index is -0.208. The average Bonchev–Trinajstić information content (AvgIpc) is 2.83. The van der Waals surface area contributed by atoms with Gasteiger partial charge < -0.3 is 14.0 Å². The van der Waals surface area contributed by atoms with Gasteiger partial charge in [0.25, 0.3) is 0 Å². The molecular weight excluding hydrogens is 434 g/mol. The van der Waals surface area contributed by atoms with Crippen molar-refractivity contribution in [1.82, 2.24) is 0 Å². The van der Waals surface area contributed by atoms with Crippen LogP contribution in [0, 0.1) is 5.92 Å². The highest BCUT2D eigenvalue weighted by Gasteiger charge is 2.25. The number of quaternary nitrogens is 1. The molecule has 0 bridgehead atoms. The zero-order valence-electron chi connectivity index (χ0n) is 22.6. The largest absolute Gasteiger partial charge is 0.457 e. The normalized spacial score (nSPS) is 12.3. The standard InChI is InChI=1S/C31H48NO3/c1-5-6-7-8-9-10-11-12-16-21-29-22-17-18-23-30(29)34-26-35-31(33)27(2)24-32(3,4)25-28-19-14-13-15-20-28/h13-15,17-20,22-23,27H,5-12,16,21,24-26H2,1-4H3/q+1. The zero-order valence-corrected chi connectivity index (χ0v) is 22.6. The Hall–Kier alpha value is -2.33. The van der Waals surface area contributed by atoms with Gasteiger partial charge >= 0.3 is 5.97 Å². The topological polar surface area (TPSA) is 35.5 Å². The molecule has 35 heavy (non-hydrogen) atoms. The molecule has 2 rings (SSSR count). The van der Waals surface area contributed by atoms with E-state index in [1.54, 1.807) is 0 Å². The van der Waals surface area contributed by atoms with Gasteiger partial charge in [-0.2, -0.15) is 0 Å². The SMILES string of the molecule is CCCCCCCCCCCc1ccccc1OCOC(=O)C(C)C[N+](C)(C)Cc1ccccc1. The Morgan fingerprint density at radius 1 is 0.829 bits per heavy atom. The van der Waals surface area contributed by atoms with Crippen molar-refractivity contribution >= 4 is 5.97 Å². The monoisotopic (exact) mass is 482 g/mol. The quantitative estimate of drug-likeness (QED) is 0.0952. The van der Waals surface area contributed by atoms with Gasteiger partial charge in [-0.05, 0) is 31.4 Å². The molecule has 0 N–H and O–H groups in total. The third-order valence-electron chi connectivity index (χ3n) is 6.56. The van der Waals surface area contributed by atoms with E-state index in [4.69, 9.17) is 9.47 Å². The van der Waals surface area contributed by atoms with Crippen molar-refractivity contribution in [2.75, 3.05) is 27.4 Å². The molecule has 0 radical (unpaired) electrons. The third kappa shape index (κ3) is 12.3. The number of ether oxygens (including phenoxy) is 2. The van der Waals surface area contributed by atoms with Gasteiger partial charge in [0.2, 0.25) is 6.79 Å². The molecule has 0 saturated heterocycles. The first-order chi connectivity index (χ1) is 16.9. The maximum atomic E-state index is 12.6. The molecular formula is C31H48NO3+. The van der Waals surface area contributed by atoms with Crippen molar-refractivity contribution in [3.8, 4) is 5.75 Å². The number of para-hydroxylation sites is 1. The number of nitrogens with zero attached hydrogens (tertiary/aromatic N) is 1. The van der Waals surface area contributed by atoms with Crippen molar-refractivity contribution in [2.24, 2.45) is 5.92 Å². The Kier molecular flexibility index (Phi) is 13.5. The first-order valence-electron chi connectivity index (χ1n) is 13.6. The molecule has 0 heterocycles. The molecule has 4 nitrogen and oxygen atoms in total. The van der Waals surface area contributed by atoms with E-state index in [2.05, 4.69) is 57.4 Å². The Labute approximate surface area is 214 Å². The van der Waals surface area contributed by atoms with Gasteiger partial charge in [-0.1, -0.05) is 107 Å². The predicted octanol–water partition coefficient (Wildman–Crippen LogP) is 7.55. The summed E-state index contributed by atoms with van der Waals surface area (Å²) < 4.78 is 12.1. The fraction of sp³-hybridized carbons (Fsp3) is 0.581. The van der Waals surface area contributed by atoms with Crippen LogP contribution < -0.4 is 4.74 Å². The first-order valence-corrected chi connectivity index (χ1v) is 13.6. The van der Waals surface area contributed by atoms with Crippen LogP contribution in [0.3, 0.4) is 0 Å². The molecule has 0 saturated carbocycles. The van der Waals surface area contributed by atoms with Crippen LogP contribution in [-0.4, -0.2) is 37.9 Å². The van der Waals surface area contributed by atoms with Gasteiger partial charge in [0.05, 0.1) is 20.6 Å². The number of esters is 1. The lowest BCUT2D eigenvalue weighted by molar-refractivity contribution is -0.905. The van der Waals surface area contributed by atoms with Crippen molar-refractivity contribution in [3.63, 3.8) is 0 Å². The van der Waals surface area contributed by atoms with Crippen LogP contribution in [0.15, 0.2) is 54.6 Å². The van der Waals surface area contributed by atoms with Gasteiger partial charge in [0.15, 0.2) is 0 Å². The number of hydrogen-bond acceptors (Lipinski definition) is 3. The molecule has 1 atom stereocenters. The molecule has 1 unspecified atom stereocenters. The van der Waals surface area contributed by atoms with E-state index in [-0.39, 0.29) is 18.7 Å². The second kappa shape index (κ2) is 16.4. The fourth-order valence-electron chi connectivity index (χ4n) is 4.73. The second-order valence-corrected chi connectivity index (χ2v) is 10.6. The summed E-state index contributed by atoms with van der Waals surface area (Å²) in [4.78, 5) is 12.6. The van der Waals surface area contributed by atoms with E-state index in [1.165, 1.54) is 68.9 Å². The summed E-state index contributed by atoms with van der Waals surface area (Å²) in [5.41, 5.74) is 2.46. The number of aryl methyl sites for hydroxylation is 1. The highest BCUT2D eigenvalue weighted by atomic mass is 16.7. The number of carbonyl (C=O) groups is 1. The Morgan fingerprint density at radius 2 is 1.43 bits per heavy atom. The maximum Gasteiger partial charge on any atom is 0.317 e. The van der Waals surface area contributed by atoms with E-state index in [0.29, 0.717) is 6.54 Å². The van der Waals surface area contributed by atoms with Crippen LogP contribution in [0.5, 0.6) is 5.75 Å². The number of unbranched alkanes of at least 4 members (excludes halogenated alkanes) is 8. The summed E-state index contributed by atoms with van der Waals surface area (Å²) in [6.45, 7) is 5.75. The summed E-state index contributed by atoms with van der Waals surface area (Å²) >= 11 is 0. The first kappa shape index (κ1) is 28.9. The van der Waals surface area contributed by atoms with E-state index in [1.807, 2.05) is 25.1 Å². The smallest absolute Gasteiger partial charge is 0.317 e. The molecule has 0 fully saturated rings. The molecule has 194 valence electrons. The molecule has 0 aliphatic rings. The van der Waals surface area contributed by atoms with E-state index >= 15 is 0 Å². The summed E-state index contributed by atoms with van der Waals surface area (Å²) in [5, 5.41) is 0. The fourth-order valence-corrected chi connectivity index (χ4v) is 4.73. The third-order valence-corrected chi connectivity index (χ3v) is 6.56. The zero-order chi connectivity index (χ0) is 25.4. The van der Waals surface area contributed by atoms with E-state index in [0.717, 1.165) is 23.2 Å². The maximum absolute atomic E-state index is 12.6. The van der Waals surface area contributed by atoms with Crippen LogP contribution in [0.4, 0.5) is 0 Å². The second-order valence-electron chi connectivity index (χ2n) is 10.6. The summed E-state index contributed by atoms with van der Waals surface area (Å²) in [7, 11) is 4.30. The lowest BCUT2D eigenvalue weighted by Gasteiger charge is -2.31. The Balaban J connectivity index is 1.68. The van der Waals surface area contributed by atoms with Gasteiger partial charge in [-0.25, -0.2) is 0 Å². The lowest BCUT2D eigenvalue weighted by Crippen LogP contribution is -2.44. The van der Waals surface area contributed by atoms with Crippen molar-refractivity contribution in [2.45, 2.75) is 84.6 Å². The van der Waals surface area contributed by atoms with E-state index < -0.39 is 0 Å². The molecule has 4 heteroatoms. The van der Waals surface area contributed by atoms with Crippen molar-refractivity contribution in [1.29, 1.82) is 0 Å². The highest BCUT2D eigenvalue weighted by Crippen LogP contribution is 2.21. The number of hydrogen-bond donors (Lipinski definition) is 0. The molecule has 2 aromatic carbocycles. The van der Waals surface area contributed by atoms with Crippen LogP contribution in [0.1, 0.15) is 82.8 Å². The summed E-state index contributed by atoms with van der Waals surface area (Å²) in [6, 6.07) is 18.5. The lowest BCUT2D eigenvalue weighted by atomic mass is 10.0. The number of rotatable bonds is 18. The van der Waals surface area contributed by atoms with Crippen LogP contribution in [0.25, 0.3) is 0 Å². The molecule has 0 aliphatic carbocycles. The molecule has 2 aromatic rings. The predicted molar refractivity (Wildman–Crippen MR) is 145 cm³/mol. The number of benzene rings is 2. The minimum Gasteiger partial charge on any atom is -0.457 e. The Bertz CT molecular complexity index is 834. The molecule has 0 aromatic heterocycles. The minimum absolute atomic E-state index is 0.0376. The van der Waals surface area contributed by atoms with Crippen LogP contribution in [-0.2, 0) is 22.5 Å². The average molecular weight is 483 g/mol. The summed E-state index contributed by atoms with van der Waals surface area (Å²) in [6.07, 6.45) is 12.9. The molecule has 0 spiro atoms. The highest BCUT2D eigenvalue weighted by molar-refractivity contribution is 5.72. The number of carbonyl (C=O) groups excluding carboxylic acids is 1. The Morgan fingerprint density at radius 3 is 2.11 bits per heavy atom. The van der Waals surface area contributed by atoms with Gasteiger partial charge in [-0.3, -0.25) is 4.79 Å². The van der Waals surface area contributed by atoms with E-state index in [9.17, 15) is 4.79 Å². The molecule has 0 aliphatic heterocycles. The molecule has 0 amide bonds. The van der Waals surface area contributed by atoms with Crippen LogP contribution >= 0.6 is 0 Å². The summed E-state index contributed by atoms with van der Waals surface area (Å²) in [5.74, 6) is 0.419.